The van der Waals surface area contributed by atoms with E-state index in [0.717, 1.165) is 3.57 Å². The topological polar surface area (TPSA) is 57.2 Å². The molecule has 7 heteroatoms. The van der Waals surface area contributed by atoms with E-state index in [1.165, 1.54) is 0 Å². The number of halogens is 1. The van der Waals surface area contributed by atoms with Crippen molar-refractivity contribution in [3.8, 4) is 11.5 Å². The van der Waals surface area contributed by atoms with Crippen LogP contribution in [0.4, 0.5) is 0 Å². The second-order valence-corrected chi connectivity index (χ2v) is 5.63. The second kappa shape index (κ2) is 9.86. The van der Waals surface area contributed by atoms with Crippen LogP contribution in [0.1, 0.15) is 10.4 Å². The van der Waals surface area contributed by atoms with Gasteiger partial charge in [0.1, 0.15) is 0 Å². The minimum absolute atomic E-state index is 0.0838. The van der Waals surface area contributed by atoms with Gasteiger partial charge in [0, 0.05) is 30.9 Å². The molecule has 1 aromatic rings. The Balaban J connectivity index is 3.06. The molecule has 0 radical (unpaired) electrons. The molecule has 1 amide bonds. The highest BCUT2D eigenvalue weighted by atomic mass is 127. The van der Waals surface area contributed by atoms with Crippen LogP contribution in [0.2, 0.25) is 0 Å². The molecule has 0 saturated heterocycles. The molecular weight excluding hydrogens is 401 g/mol. The maximum absolute atomic E-state index is 12.8. The molecule has 0 N–H and O–H groups in total. The lowest BCUT2D eigenvalue weighted by atomic mass is 10.1. The molecule has 0 bridgehead atoms. The number of hydrogen-bond donors (Lipinski definition) is 0. The summed E-state index contributed by atoms with van der Waals surface area (Å²) in [5, 5.41) is 0. The Labute approximate surface area is 144 Å². The van der Waals surface area contributed by atoms with Crippen molar-refractivity contribution in [3.05, 3.63) is 21.3 Å². The van der Waals surface area contributed by atoms with Crippen LogP contribution in [0.25, 0.3) is 0 Å². The summed E-state index contributed by atoms with van der Waals surface area (Å²) < 4.78 is 21.5. The van der Waals surface area contributed by atoms with Crippen molar-refractivity contribution in [1.29, 1.82) is 0 Å². The summed E-state index contributed by atoms with van der Waals surface area (Å²) in [7, 11) is 6.34. The Kier molecular flexibility index (Phi) is 8.51. The van der Waals surface area contributed by atoms with E-state index in [4.69, 9.17) is 18.9 Å². The van der Waals surface area contributed by atoms with E-state index in [2.05, 4.69) is 22.6 Å². The van der Waals surface area contributed by atoms with Crippen molar-refractivity contribution in [2.45, 2.75) is 0 Å². The quantitative estimate of drug-likeness (QED) is 0.570. The first-order valence-corrected chi connectivity index (χ1v) is 7.85. The first kappa shape index (κ1) is 19.0. The SMILES string of the molecule is COCCN(CCOC)C(=O)c1cc(OC)c(OC)cc1I. The van der Waals surface area contributed by atoms with Gasteiger partial charge in [0.15, 0.2) is 11.5 Å². The van der Waals surface area contributed by atoms with Gasteiger partial charge in [0.25, 0.3) is 5.91 Å². The normalized spacial score (nSPS) is 10.4. The van der Waals surface area contributed by atoms with Gasteiger partial charge >= 0.3 is 0 Å². The number of rotatable bonds is 9. The number of amides is 1. The molecule has 0 fully saturated rings. The van der Waals surface area contributed by atoms with Gasteiger partial charge in [-0.25, -0.2) is 0 Å². The smallest absolute Gasteiger partial charge is 0.255 e. The highest BCUT2D eigenvalue weighted by Gasteiger charge is 2.20. The molecule has 0 aliphatic carbocycles. The highest BCUT2D eigenvalue weighted by molar-refractivity contribution is 14.1. The van der Waals surface area contributed by atoms with E-state index in [0.29, 0.717) is 43.4 Å². The lowest BCUT2D eigenvalue weighted by molar-refractivity contribution is 0.0626. The lowest BCUT2D eigenvalue weighted by Gasteiger charge is -2.23. The lowest BCUT2D eigenvalue weighted by Crippen LogP contribution is -2.36. The zero-order valence-corrected chi connectivity index (χ0v) is 15.5. The number of nitrogens with zero attached hydrogens (tertiary/aromatic N) is 1. The summed E-state index contributed by atoms with van der Waals surface area (Å²) in [6.07, 6.45) is 0. The number of methoxy groups -OCH3 is 4. The van der Waals surface area contributed by atoms with Gasteiger partial charge in [-0.05, 0) is 34.7 Å². The zero-order valence-electron chi connectivity index (χ0n) is 13.3. The molecule has 22 heavy (non-hydrogen) atoms. The third-order valence-corrected chi connectivity index (χ3v) is 4.01. The number of carbonyl (C=O) groups is 1. The third-order valence-electron chi connectivity index (χ3n) is 3.12. The van der Waals surface area contributed by atoms with Gasteiger partial charge in [-0.1, -0.05) is 0 Å². The van der Waals surface area contributed by atoms with Crippen molar-refractivity contribution in [1.82, 2.24) is 4.90 Å². The minimum Gasteiger partial charge on any atom is -0.493 e. The maximum atomic E-state index is 12.8. The number of benzene rings is 1. The van der Waals surface area contributed by atoms with Crippen molar-refractivity contribution in [2.24, 2.45) is 0 Å². The van der Waals surface area contributed by atoms with Gasteiger partial charge in [0.05, 0.1) is 33.0 Å². The maximum Gasteiger partial charge on any atom is 0.255 e. The Morgan fingerprint density at radius 2 is 1.50 bits per heavy atom. The fraction of sp³-hybridized carbons (Fsp3) is 0.533. The summed E-state index contributed by atoms with van der Waals surface area (Å²) in [5.41, 5.74) is 0.574. The fourth-order valence-corrected chi connectivity index (χ4v) is 2.58. The van der Waals surface area contributed by atoms with Gasteiger partial charge in [0.2, 0.25) is 0 Å². The van der Waals surface area contributed by atoms with Crippen LogP contribution in [-0.4, -0.2) is 65.5 Å². The molecule has 0 heterocycles. The summed E-state index contributed by atoms with van der Waals surface area (Å²) in [6.45, 7) is 1.95. The van der Waals surface area contributed by atoms with Crippen molar-refractivity contribution >= 4 is 28.5 Å². The molecule has 0 atom stereocenters. The zero-order chi connectivity index (χ0) is 16.5. The monoisotopic (exact) mass is 423 g/mol. The second-order valence-electron chi connectivity index (χ2n) is 4.46. The number of hydrogen-bond acceptors (Lipinski definition) is 5. The van der Waals surface area contributed by atoms with Gasteiger partial charge in [-0.15, -0.1) is 0 Å². The summed E-state index contributed by atoms with van der Waals surface area (Å²) in [4.78, 5) is 14.5. The van der Waals surface area contributed by atoms with Crippen LogP contribution in [0.15, 0.2) is 12.1 Å². The number of ether oxygens (including phenoxy) is 4. The van der Waals surface area contributed by atoms with Gasteiger partial charge in [-0.2, -0.15) is 0 Å². The average molecular weight is 423 g/mol. The Morgan fingerprint density at radius 3 is 1.95 bits per heavy atom. The Bertz CT molecular complexity index is 487. The largest absolute Gasteiger partial charge is 0.493 e. The average Bonchev–Trinajstić information content (AvgIpc) is 2.54. The van der Waals surface area contributed by atoms with E-state index in [1.807, 2.05) is 0 Å². The molecule has 0 aliphatic rings. The minimum atomic E-state index is -0.0838. The molecule has 0 spiro atoms. The first-order valence-electron chi connectivity index (χ1n) is 6.77. The van der Waals surface area contributed by atoms with E-state index in [1.54, 1.807) is 45.5 Å². The molecular formula is C15H22INO5. The molecule has 1 rings (SSSR count). The summed E-state index contributed by atoms with van der Waals surface area (Å²) >= 11 is 2.12. The van der Waals surface area contributed by atoms with Gasteiger partial charge in [-0.3, -0.25) is 4.79 Å². The van der Waals surface area contributed by atoms with Crippen LogP contribution in [0.3, 0.4) is 0 Å². The summed E-state index contributed by atoms with van der Waals surface area (Å²) in [5.74, 6) is 1.05. The van der Waals surface area contributed by atoms with Crippen molar-refractivity contribution in [2.75, 3.05) is 54.7 Å². The molecule has 0 aromatic heterocycles. The van der Waals surface area contributed by atoms with Crippen LogP contribution >= 0.6 is 22.6 Å². The molecule has 124 valence electrons. The molecule has 0 aliphatic heterocycles. The van der Waals surface area contributed by atoms with Crippen LogP contribution in [-0.2, 0) is 9.47 Å². The van der Waals surface area contributed by atoms with E-state index >= 15 is 0 Å². The van der Waals surface area contributed by atoms with Crippen LogP contribution < -0.4 is 9.47 Å². The van der Waals surface area contributed by atoms with E-state index < -0.39 is 0 Å². The third kappa shape index (κ3) is 4.99. The Morgan fingerprint density at radius 1 is 1.00 bits per heavy atom. The standard InChI is InChI=1S/C15H22INO5/c1-19-7-5-17(6-8-20-2)15(18)11-9-13(21-3)14(22-4)10-12(11)16/h9-10H,5-8H2,1-4H3. The molecule has 1 aromatic carbocycles. The number of carbonyl (C=O) groups excluding carboxylic acids is 1. The van der Waals surface area contributed by atoms with Crippen molar-refractivity contribution < 1.29 is 23.7 Å². The van der Waals surface area contributed by atoms with Crippen LogP contribution in [0, 0.1) is 3.57 Å². The summed E-state index contributed by atoms with van der Waals surface area (Å²) in [6, 6.07) is 3.49. The predicted molar refractivity (Wildman–Crippen MR) is 91.9 cm³/mol. The van der Waals surface area contributed by atoms with Gasteiger partial charge < -0.3 is 23.8 Å². The fourth-order valence-electron chi connectivity index (χ4n) is 1.91. The first-order chi connectivity index (χ1) is 10.6. The van der Waals surface area contributed by atoms with E-state index in [9.17, 15) is 4.79 Å². The predicted octanol–water partition coefficient (Wildman–Crippen LogP) is 2.04. The van der Waals surface area contributed by atoms with Crippen LogP contribution in [0.5, 0.6) is 11.5 Å². The van der Waals surface area contributed by atoms with E-state index in [-0.39, 0.29) is 5.91 Å². The Hall–Kier alpha value is -1.06. The van der Waals surface area contributed by atoms with Crippen molar-refractivity contribution in [3.63, 3.8) is 0 Å². The highest BCUT2D eigenvalue weighted by Crippen LogP contribution is 2.31. The molecule has 6 nitrogen and oxygen atoms in total. The molecule has 0 unspecified atom stereocenters. The molecule has 0 saturated carbocycles.